The lowest BCUT2D eigenvalue weighted by atomic mass is 9.90. The molecule has 0 spiro atoms. The van der Waals surface area contributed by atoms with Crippen molar-refractivity contribution >= 4 is 6.09 Å². The van der Waals surface area contributed by atoms with Crippen LogP contribution >= 0.6 is 0 Å². The van der Waals surface area contributed by atoms with E-state index in [4.69, 9.17) is 4.74 Å². The SMILES string of the molecule is Cc1ccccc1C1NC(=O)OC1(C)C. The van der Waals surface area contributed by atoms with Gasteiger partial charge in [0.2, 0.25) is 0 Å². The highest BCUT2D eigenvalue weighted by Gasteiger charge is 2.42. The predicted octanol–water partition coefficient (Wildman–Crippen LogP) is 2.55. The van der Waals surface area contributed by atoms with Crippen LogP contribution in [0.25, 0.3) is 0 Å². The van der Waals surface area contributed by atoms with E-state index in [1.165, 1.54) is 5.56 Å². The molecule has 3 heteroatoms. The van der Waals surface area contributed by atoms with Gasteiger partial charge in [0.25, 0.3) is 0 Å². The number of carbonyl (C=O) groups is 1. The Morgan fingerprint density at radius 1 is 1.33 bits per heavy atom. The highest BCUT2D eigenvalue weighted by atomic mass is 16.6. The Balaban J connectivity index is 2.40. The number of ether oxygens (including phenoxy) is 1. The van der Waals surface area contributed by atoms with E-state index in [0.29, 0.717) is 0 Å². The van der Waals surface area contributed by atoms with Crippen molar-refractivity contribution in [3.8, 4) is 0 Å². The number of hydrogen-bond acceptors (Lipinski definition) is 2. The quantitative estimate of drug-likeness (QED) is 0.765. The van der Waals surface area contributed by atoms with Crippen LogP contribution in [-0.4, -0.2) is 11.7 Å². The lowest BCUT2D eigenvalue weighted by Gasteiger charge is -2.25. The third-order valence-electron chi connectivity index (χ3n) is 2.81. The summed E-state index contributed by atoms with van der Waals surface area (Å²) in [4.78, 5) is 11.2. The van der Waals surface area contributed by atoms with E-state index < -0.39 is 5.60 Å². The smallest absolute Gasteiger partial charge is 0.408 e. The van der Waals surface area contributed by atoms with E-state index in [1.807, 2.05) is 45.0 Å². The van der Waals surface area contributed by atoms with E-state index in [0.717, 1.165) is 5.56 Å². The van der Waals surface area contributed by atoms with Crippen LogP contribution in [0.2, 0.25) is 0 Å². The Labute approximate surface area is 89.4 Å². The van der Waals surface area contributed by atoms with Gasteiger partial charge in [-0.2, -0.15) is 0 Å². The second kappa shape index (κ2) is 3.26. The monoisotopic (exact) mass is 205 g/mol. The second-order valence-corrected chi connectivity index (χ2v) is 4.43. The van der Waals surface area contributed by atoms with Gasteiger partial charge in [-0.25, -0.2) is 4.79 Å². The van der Waals surface area contributed by atoms with Crippen molar-refractivity contribution in [3.63, 3.8) is 0 Å². The van der Waals surface area contributed by atoms with Crippen LogP contribution in [-0.2, 0) is 4.74 Å². The Morgan fingerprint density at radius 3 is 2.53 bits per heavy atom. The number of carbonyl (C=O) groups excluding carboxylic acids is 1. The maximum atomic E-state index is 11.2. The summed E-state index contributed by atoms with van der Waals surface area (Å²) >= 11 is 0. The maximum absolute atomic E-state index is 11.2. The van der Waals surface area contributed by atoms with Gasteiger partial charge in [-0.15, -0.1) is 0 Å². The zero-order chi connectivity index (χ0) is 11.1. The second-order valence-electron chi connectivity index (χ2n) is 4.43. The van der Waals surface area contributed by atoms with Gasteiger partial charge in [0.1, 0.15) is 5.60 Å². The van der Waals surface area contributed by atoms with Crippen LogP contribution < -0.4 is 5.32 Å². The third kappa shape index (κ3) is 1.69. The first kappa shape index (κ1) is 10.0. The van der Waals surface area contributed by atoms with Gasteiger partial charge in [0.15, 0.2) is 0 Å². The summed E-state index contributed by atoms with van der Waals surface area (Å²) in [6.07, 6.45) is -0.340. The summed E-state index contributed by atoms with van der Waals surface area (Å²) in [5.74, 6) is 0. The fraction of sp³-hybridized carbons (Fsp3) is 0.417. The molecule has 1 heterocycles. The number of benzene rings is 1. The molecular weight excluding hydrogens is 190 g/mol. The molecule has 1 aliphatic heterocycles. The van der Waals surface area contributed by atoms with E-state index in [2.05, 4.69) is 5.32 Å². The minimum atomic E-state index is -0.483. The molecule has 1 atom stereocenters. The Morgan fingerprint density at radius 2 is 2.00 bits per heavy atom. The van der Waals surface area contributed by atoms with Crippen LogP contribution in [0.3, 0.4) is 0 Å². The first-order valence-corrected chi connectivity index (χ1v) is 5.06. The fourth-order valence-corrected chi connectivity index (χ4v) is 1.98. The van der Waals surface area contributed by atoms with Crippen LogP contribution in [0.4, 0.5) is 4.79 Å². The molecule has 0 aliphatic carbocycles. The topological polar surface area (TPSA) is 38.3 Å². The number of rotatable bonds is 1. The average Bonchev–Trinajstić information content (AvgIpc) is 2.40. The third-order valence-corrected chi connectivity index (χ3v) is 2.81. The van der Waals surface area contributed by atoms with Crippen molar-refractivity contribution in [1.29, 1.82) is 0 Å². The minimum Gasteiger partial charge on any atom is -0.441 e. The van der Waals surface area contributed by atoms with Gasteiger partial charge < -0.3 is 10.1 Å². The molecule has 80 valence electrons. The summed E-state index contributed by atoms with van der Waals surface area (Å²) in [5.41, 5.74) is 1.80. The Bertz CT molecular complexity index is 398. The number of amides is 1. The van der Waals surface area contributed by atoms with Gasteiger partial charge in [-0.05, 0) is 31.9 Å². The van der Waals surface area contributed by atoms with Gasteiger partial charge >= 0.3 is 6.09 Å². The van der Waals surface area contributed by atoms with Gasteiger partial charge in [-0.1, -0.05) is 24.3 Å². The van der Waals surface area contributed by atoms with Gasteiger partial charge in [0.05, 0.1) is 6.04 Å². The van der Waals surface area contributed by atoms with Crippen LogP contribution in [0.15, 0.2) is 24.3 Å². The van der Waals surface area contributed by atoms with Gasteiger partial charge in [-0.3, -0.25) is 0 Å². The summed E-state index contributed by atoms with van der Waals surface area (Å²) in [5, 5.41) is 2.84. The zero-order valence-electron chi connectivity index (χ0n) is 9.20. The van der Waals surface area contributed by atoms with E-state index >= 15 is 0 Å². The molecule has 15 heavy (non-hydrogen) atoms. The van der Waals surface area contributed by atoms with Crippen molar-refractivity contribution in [2.24, 2.45) is 0 Å². The number of alkyl carbamates (subject to hydrolysis) is 1. The Kier molecular flexibility index (Phi) is 2.18. The Hall–Kier alpha value is -1.51. The molecule has 1 saturated heterocycles. The molecule has 3 nitrogen and oxygen atoms in total. The van der Waals surface area contributed by atoms with Crippen molar-refractivity contribution < 1.29 is 9.53 Å². The molecular formula is C12H15NO2. The molecule has 1 N–H and O–H groups in total. The van der Waals surface area contributed by atoms with Crippen molar-refractivity contribution in [3.05, 3.63) is 35.4 Å². The molecule has 1 aliphatic rings. The van der Waals surface area contributed by atoms with Crippen LogP contribution in [0.5, 0.6) is 0 Å². The first-order chi connectivity index (χ1) is 7.00. The predicted molar refractivity (Wildman–Crippen MR) is 57.6 cm³/mol. The summed E-state index contributed by atoms with van der Waals surface area (Å²) in [6.45, 7) is 5.87. The molecule has 1 aromatic rings. The molecule has 0 radical (unpaired) electrons. The largest absolute Gasteiger partial charge is 0.441 e. The van der Waals surface area contributed by atoms with E-state index in [9.17, 15) is 4.79 Å². The maximum Gasteiger partial charge on any atom is 0.408 e. The molecule has 2 rings (SSSR count). The highest BCUT2D eigenvalue weighted by molar-refractivity contribution is 5.71. The van der Waals surface area contributed by atoms with Crippen molar-refractivity contribution in [1.82, 2.24) is 5.32 Å². The zero-order valence-corrected chi connectivity index (χ0v) is 9.20. The van der Waals surface area contributed by atoms with Crippen LogP contribution in [0.1, 0.15) is 31.0 Å². The molecule has 1 unspecified atom stereocenters. The number of hydrogen-bond donors (Lipinski definition) is 1. The lowest BCUT2D eigenvalue weighted by Crippen LogP contribution is -2.30. The van der Waals surface area contributed by atoms with Gasteiger partial charge in [0, 0.05) is 0 Å². The van der Waals surface area contributed by atoms with E-state index in [-0.39, 0.29) is 12.1 Å². The van der Waals surface area contributed by atoms with Crippen molar-refractivity contribution in [2.75, 3.05) is 0 Å². The molecule has 1 amide bonds. The number of aryl methyl sites for hydroxylation is 1. The normalized spacial score (nSPS) is 23.4. The molecule has 1 fully saturated rings. The average molecular weight is 205 g/mol. The minimum absolute atomic E-state index is 0.0637. The molecule has 0 saturated carbocycles. The van der Waals surface area contributed by atoms with Crippen LogP contribution in [0, 0.1) is 6.92 Å². The standard InChI is InChI=1S/C12H15NO2/c1-8-6-4-5-7-9(8)10-12(2,3)15-11(14)13-10/h4-7,10H,1-3H3,(H,13,14). The first-order valence-electron chi connectivity index (χ1n) is 5.06. The molecule has 0 aromatic heterocycles. The summed E-state index contributed by atoms with van der Waals surface area (Å²) in [7, 11) is 0. The number of nitrogens with one attached hydrogen (secondary N) is 1. The molecule has 0 bridgehead atoms. The number of cyclic esters (lactones) is 1. The van der Waals surface area contributed by atoms with E-state index in [1.54, 1.807) is 0 Å². The molecule has 1 aromatic carbocycles. The summed E-state index contributed by atoms with van der Waals surface area (Å²) in [6, 6.07) is 7.96. The highest BCUT2D eigenvalue weighted by Crippen LogP contribution is 2.34. The van der Waals surface area contributed by atoms with Crippen molar-refractivity contribution in [2.45, 2.75) is 32.4 Å². The lowest BCUT2D eigenvalue weighted by molar-refractivity contribution is 0.0683. The fourth-order valence-electron chi connectivity index (χ4n) is 1.98. The summed E-state index contributed by atoms with van der Waals surface area (Å²) < 4.78 is 5.22.